The highest BCUT2D eigenvalue weighted by molar-refractivity contribution is 5.87. The smallest absolute Gasteiger partial charge is 0.271 e. The molecule has 0 aliphatic rings. The van der Waals surface area contributed by atoms with E-state index < -0.39 is 0 Å². The first kappa shape index (κ1) is 24.0. The number of nitrogens with zero attached hydrogens (tertiary/aromatic N) is 1. The maximum atomic E-state index is 10.6. The van der Waals surface area contributed by atoms with Crippen molar-refractivity contribution in [3.05, 3.63) is 70.0 Å². The number of nitro groups is 1. The number of rotatable bonds is 1. The summed E-state index contributed by atoms with van der Waals surface area (Å²) >= 11 is 0. The number of fused-ring (bicyclic) bond motifs is 2. The lowest BCUT2D eigenvalue weighted by Crippen LogP contribution is -2.09. The van der Waals surface area contributed by atoms with Crippen molar-refractivity contribution in [1.29, 1.82) is 0 Å². The summed E-state index contributed by atoms with van der Waals surface area (Å²) in [5.41, 5.74) is 11.3. The fourth-order valence-electron chi connectivity index (χ4n) is 3.61. The van der Waals surface area contributed by atoms with E-state index in [2.05, 4.69) is 63.8 Å². The van der Waals surface area contributed by atoms with E-state index in [1.807, 2.05) is 24.4 Å². The molecule has 0 unspecified atom stereocenters. The first-order valence-corrected chi connectivity index (χ1v) is 10.0. The number of non-ortho nitro benzene ring substituents is 1. The summed E-state index contributed by atoms with van der Waals surface area (Å²) in [4.78, 5) is 16.6. The van der Waals surface area contributed by atoms with Crippen LogP contribution in [-0.2, 0) is 10.8 Å². The zero-order chi connectivity index (χ0) is 22.3. The summed E-state index contributed by atoms with van der Waals surface area (Å²) in [6.07, 6.45) is 4.00. The third kappa shape index (κ3) is 5.08. The van der Waals surface area contributed by atoms with Gasteiger partial charge in [-0.05, 0) is 40.2 Å². The van der Waals surface area contributed by atoms with Crippen LogP contribution >= 0.6 is 0 Å². The van der Waals surface area contributed by atoms with E-state index in [4.69, 9.17) is 5.73 Å². The Morgan fingerprint density at radius 2 is 1.26 bits per heavy atom. The van der Waals surface area contributed by atoms with Crippen molar-refractivity contribution in [2.45, 2.75) is 59.8 Å². The van der Waals surface area contributed by atoms with Gasteiger partial charge in [-0.1, -0.05) is 55.0 Å². The Hall–Kier alpha value is -3.28. The fourth-order valence-corrected chi connectivity index (χ4v) is 3.61. The maximum absolute atomic E-state index is 10.6. The van der Waals surface area contributed by atoms with E-state index >= 15 is 0 Å². The average Bonchev–Trinajstić information content (AvgIpc) is 3.24. The molecule has 2 heterocycles. The molecule has 6 heteroatoms. The Bertz CT molecular complexity index is 1200. The number of hydrogen-bond acceptors (Lipinski definition) is 3. The number of nitrogens with two attached hydrogens (primary N) is 1. The van der Waals surface area contributed by atoms with Crippen molar-refractivity contribution in [1.82, 2.24) is 9.97 Å². The van der Waals surface area contributed by atoms with Crippen molar-refractivity contribution in [2.24, 2.45) is 0 Å². The van der Waals surface area contributed by atoms with Gasteiger partial charge >= 0.3 is 0 Å². The van der Waals surface area contributed by atoms with Gasteiger partial charge in [-0.3, -0.25) is 10.1 Å². The molecule has 0 amide bonds. The summed E-state index contributed by atoms with van der Waals surface area (Å²) < 4.78 is 0. The molecule has 0 bridgehead atoms. The summed E-state index contributed by atoms with van der Waals surface area (Å²) in [5.74, 6) is 0. The summed E-state index contributed by atoms with van der Waals surface area (Å²) in [5, 5.41) is 13.0. The second kappa shape index (κ2) is 8.46. The number of nitrogen functional groups attached to an aromatic ring is 1. The molecule has 0 aliphatic carbocycles. The van der Waals surface area contributed by atoms with Crippen LogP contribution in [0.4, 0.5) is 11.4 Å². The standard InChI is InChI=1S/C12H14N2O2.C12H16N2.CH4/c1-12(2,3)10-7-13-11-6-8(14(15)16)4-5-9(10)11;1-12(2,3)10-7-14-11-6-8(13)4-5-9(10)11;/h4-7,13H,1-3H3;4-7,14H,13H2,1-3H3;1H4. The van der Waals surface area contributed by atoms with Crippen LogP contribution in [0.15, 0.2) is 48.8 Å². The van der Waals surface area contributed by atoms with Crippen LogP contribution in [0.5, 0.6) is 0 Å². The van der Waals surface area contributed by atoms with Gasteiger partial charge in [0, 0.05) is 46.5 Å². The number of H-pyrrole nitrogens is 2. The Morgan fingerprint density at radius 3 is 1.71 bits per heavy atom. The molecule has 0 fully saturated rings. The summed E-state index contributed by atoms with van der Waals surface area (Å²) in [6.45, 7) is 13.0. The van der Waals surface area contributed by atoms with E-state index in [9.17, 15) is 10.1 Å². The normalized spacial score (nSPS) is 11.7. The largest absolute Gasteiger partial charge is 0.399 e. The Kier molecular flexibility index (Phi) is 6.54. The third-order valence-electron chi connectivity index (χ3n) is 5.20. The summed E-state index contributed by atoms with van der Waals surface area (Å²) in [7, 11) is 0. The lowest BCUT2D eigenvalue weighted by atomic mass is 9.87. The van der Waals surface area contributed by atoms with Crippen LogP contribution in [-0.4, -0.2) is 14.9 Å². The van der Waals surface area contributed by atoms with Gasteiger partial charge in [0.05, 0.1) is 10.4 Å². The van der Waals surface area contributed by atoms with E-state index in [0.717, 1.165) is 22.1 Å². The van der Waals surface area contributed by atoms with E-state index in [1.54, 1.807) is 12.1 Å². The highest BCUT2D eigenvalue weighted by Gasteiger charge is 2.19. The Labute approximate surface area is 184 Å². The first-order valence-electron chi connectivity index (χ1n) is 10.0. The van der Waals surface area contributed by atoms with Crippen molar-refractivity contribution in [3.8, 4) is 0 Å². The van der Waals surface area contributed by atoms with Gasteiger partial charge in [-0.15, -0.1) is 0 Å². The molecule has 0 saturated carbocycles. The van der Waals surface area contributed by atoms with Gasteiger partial charge in [-0.25, -0.2) is 0 Å². The highest BCUT2D eigenvalue weighted by atomic mass is 16.6. The van der Waals surface area contributed by atoms with Crippen LogP contribution in [0.1, 0.15) is 60.1 Å². The van der Waals surface area contributed by atoms with E-state index in [1.165, 1.54) is 16.5 Å². The molecule has 0 aliphatic heterocycles. The van der Waals surface area contributed by atoms with E-state index in [0.29, 0.717) is 0 Å². The zero-order valence-electron chi connectivity index (χ0n) is 18.5. The van der Waals surface area contributed by atoms with Crippen molar-refractivity contribution < 1.29 is 4.92 Å². The molecule has 166 valence electrons. The topological polar surface area (TPSA) is 101 Å². The van der Waals surface area contributed by atoms with Crippen LogP contribution in [0.2, 0.25) is 0 Å². The van der Waals surface area contributed by atoms with Gasteiger partial charge in [0.1, 0.15) is 0 Å². The first-order chi connectivity index (χ1) is 13.9. The Balaban J connectivity index is 0.000000215. The van der Waals surface area contributed by atoms with E-state index in [-0.39, 0.29) is 28.9 Å². The van der Waals surface area contributed by atoms with Crippen LogP contribution in [0.3, 0.4) is 0 Å². The van der Waals surface area contributed by atoms with Gasteiger partial charge in [0.25, 0.3) is 5.69 Å². The molecular weight excluding hydrogens is 388 g/mol. The average molecular weight is 423 g/mol. The van der Waals surface area contributed by atoms with Crippen molar-refractivity contribution in [2.75, 3.05) is 5.73 Å². The zero-order valence-corrected chi connectivity index (χ0v) is 18.5. The molecule has 4 rings (SSSR count). The minimum Gasteiger partial charge on any atom is -0.399 e. The van der Waals surface area contributed by atoms with Crippen LogP contribution in [0.25, 0.3) is 21.8 Å². The fraction of sp³-hybridized carbons (Fsp3) is 0.360. The number of aromatic nitrogens is 2. The predicted octanol–water partition coefficient (Wildman–Crippen LogP) is 7.06. The summed E-state index contributed by atoms with van der Waals surface area (Å²) in [6, 6.07) is 10.9. The number of anilines is 1. The second-order valence-corrected chi connectivity index (χ2v) is 9.70. The van der Waals surface area contributed by atoms with Crippen LogP contribution in [0, 0.1) is 10.1 Å². The van der Waals surface area contributed by atoms with Crippen molar-refractivity contribution in [3.63, 3.8) is 0 Å². The molecule has 0 saturated heterocycles. The monoisotopic (exact) mass is 422 g/mol. The number of benzene rings is 2. The molecule has 4 N–H and O–H groups in total. The minimum atomic E-state index is -0.378. The molecule has 0 atom stereocenters. The van der Waals surface area contributed by atoms with Crippen molar-refractivity contribution >= 4 is 33.2 Å². The maximum Gasteiger partial charge on any atom is 0.271 e. The SMILES string of the molecule is C.CC(C)(C)c1c[nH]c2cc(N)ccc12.CC(C)(C)c1c[nH]c2cc([N+](=O)[O-])ccc12. The van der Waals surface area contributed by atoms with Gasteiger partial charge in [-0.2, -0.15) is 0 Å². The number of hydrogen-bond donors (Lipinski definition) is 3. The molecule has 0 spiro atoms. The molecule has 6 nitrogen and oxygen atoms in total. The van der Waals surface area contributed by atoms with Gasteiger partial charge < -0.3 is 15.7 Å². The quantitative estimate of drug-likeness (QED) is 0.174. The number of aromatic amines is 2. The number of nitrogens with one attached hydrogen (secondary N) is 2. The van der Waals surface area contributed by atoms with Gasteiger partial charge in [0.2, 0.25) is 0 Å². The second-order valence-electron chi connectivity index (χ2n) is 9.70. The third-order valence-corrected chi connectivity index (χ3v) is 5.20. The molecular formula is C25H34N4O2. The lowest BCUT2D eigenvalue weighted by molar-refractivity contribution is -0.384. The Morgan fingerprint density at radius 1 is 0.806 bits per heavy atom. The molecule has 0 radical (unpaired) electrons. The predicted molar refractivity (Wildman–Crippen MR) is 132 cm³/mol. The highest BCUT2D eigenvalue weighted by Crippen LogP contribution is 2.32. The minimum absolute atomic E-state index is 0. The number of nitro benzene ring substituents is 1. The van der Waals surface area contributed by atoms with Crippen LogP contribution < -0.4 is 5.73 Å². The van der Waals surface area contributed by atoms with Gasteiger partial charge in [0.15, 0.2) is 0 Å². The molecule has 2 aromatic carbocycles. The lowest BCUT2D eigenvalue weighted by Gasteiger charge is -2.17. The molecule has 2 aromatic heterocycles. The molecule has 31 heavy (non-hydrogen) atoms. The molecule has 4 aromatic rings.